The molecule has 1 fully saturated rings. The van der Waals surface area contributed by atoms with Crippen LogP contribution in [0.1, 0.15) is 6.42 Å². The van der Waals surface area contributed by atoms with E-state index < -0.39 is 0 Å². The molecule has 3 N–H and O–H groups in total. The number of rotatable bonds is 2. The van der Waals surface area contributed by atoms with E-state index in [0.29, 0.717) is 12.5 Å². The van der Waals surface area contributed by atoms with Crippen molar-refractivity contribution in [2.24, 2.45) is 11.8 Å². The maximum Gasteiger partial charge on any atom is 0.0720 e. The van der Waals surface area contributed by atoms with Crippen molar-refractivity contribution in [2.45, 2.75) is 6.42 Å². The van der Waals surface area contributed by atoms with Crippen LogP contribution in [0.2, 0.25) is 0 Å². The molecule has 0 amide bonds. The molecule has 0 radical (unpaired) electrons. The highest BCUT2D eigenvalue weighted by Crippen LogP contribution is 2.05. The Morgan fingerprint density at radius 2 is 2.20 bits per heavy atom. The number of nitrogens with one attached hydrogen (secondary N) is 1. The third-order valence-corrected chi connectivity index (χ3v) is 1.49. The quantitative estimate of drug-likeness (QED) is 0.615. The van der Waals surface area contributed by atoms with Gasteiger partial charge in [0.25, 0.3) is 0 Å². The zero-order valence-corrected chi connectivity index (χ0v) is 7.34. The van der Waals surface area contributed by atoms with E-state index in [2.05, 4.69) is 10.2 Å². The van der Waals surface area contributed by atoms with Gasteiger partial charge >= 0.3 is 0 Å². The monoisotopic (exact) mass is 188 g/mol. The second-order valence-corrected chi connectivity index (χ2v) is 2.19. The minimum absolute atomic E-state index is 0. The normalized spacial score (nSPS) is 23.1. The first-order chi connectivity index (χ1) is 3.93. The second-order valence-electron chi connectivity index (χ2n) is 2.19. The third kappa shape index (κ3) is 4.30. The highest BCUT2D eigenvalue weighted by atomic mass is 35.5. The molecule has 0 aliphatic carbocycles. The van der Waals surface area contributed by atoms with Crippen LogP contribution in [0, 0.1) is 5.92 Å². The molecule has 0 aromatic carbocycles. The predicted octanol–water partition coefficient (Wildman–Crippen LogP) is 0.330. The summed E-state index contributed by atoms with van der Waals surface area (Å²) in [5.41, 5.74) is 0. The molecule has 3 nitrogen and oxygen atoms in total. The van der Waals surface area contributed by atoms with Gasteiger partial charge in [-0.05, 0) is 18.9 Å². The summed E-state index contributed by atoms with van der Waals surface area (Å²) in [6.45, 7) is 2.89. The maximum absolute atomic E-state index is 4.88. The number of hydrogen-bond acceptors (Lipinski definition) is 3. The van der Waals surface area contributed by atoms with E-state index in [1.54, 1.807) is 0 Å². The van der Waals surface area contributed by atoms with Crippen LogP contribution in [0.3, 0.4) is 0 Å². The van der Waals surface area contributed by atoms with Crippen molar-refractivity contribution in [3.05, 3.63) is 0 Å². The largest absolute Gasteiger partial charge is 0.316 e. The first-order valence-electron chi connectivity index (χ1n) is 2.96. The fraction of sp³-hybridized carbons (Fsp3) is 1.00. The van der Waals surface area contributed by atoms with E-state index in [9.17, 15) is 0 Å². The lowest BCUT2D eigenvalue weighted by Crippen LogP contribution is -2.15. The van der Waals surface area contributed by atoms with Crippen molar-refractivity contribution < 1.29 is 4.84 Å². The molecule has 0 spiro atoms. The lowest BCUT2D eigenvalue weighted by molar-refractivity contribution is 0.107. The van der Waals surface area contributed by atoms with E-state index in [4.69, 9.17) is 5.90 Å². The van der Waals surface area contributed by atoms with Gasteiger partial charge in [-0.3, -0.25) is 0 Å². The molecule has 1 aliphatic heterocycles. The van der Waals surface area contributed by atoms with Gasteiger partial charge in [0.15, 0.2) is 0 Å². The van der Waals surface area contributed by atoms with E-state index in [-0.39, 0.29) is 24.8 Å². The van der Waals surface area contributed by atoms with Crippen LogP contribution in [-0.4, -0.2) is 19.7 Å². The average Bonchev–Trinajstić information content (AvgIpc) is 2.19. The van der Waals surface area contributed by atoms with Gasteiger partial charge in [-0.25, -0.2) is 5.90 Å². The standard InChI is InChI=1S/C5H12N2O.2ClH/c6-8-4-5-1-2-7-3-5;;/h5,7H,1-4,6H2;2*1H/t5-;;/m1../s1. The second kappa shape index (κ2) is 7.57. The summed E-state index contributed by atoms with van der Waals surface area (Å²) in [7, 11) is 0. The number of halogens is 2. The van der Waals surface area contributed by atoms with Crippen molar-refractivity contribution in [3.63, 3.8) is 0 Å². The van der Waals surface area contributed by atoms with Crippen LogP contribution in [0.25, 0.3) is 0 Å². The molecule has 5 heteroatoms. The smallest absolute Gasteiger partial charge is 0.0720 e. The van der Waals surface area contributed by atoms with Crippen molar-refractivity contribution in [2.75, 3.05) is 19.7 Å². The van der Waals surface area contributed by atoms with Crippen LogP contribution >= 0.6 is 24.8 Å². The first kappa shape index (κ1) is 13.1. The van der Waals surface area contributed by atoms with E-state index in [0.717, 1.165) is 13.1 Å². The van der Waals surface area contributed by atoms with Gasteiger partial charge in [-0.1, -0.05) is 0 Å². The Balaban J connectivity index is 0. The molecule has 0 aromatic rings. The van der Waals surface area contributed by atoms with Crippen molar-refractivity contribution in [1.82, 2.24) is 5.32 Å². The molecule has 10 heavy (non-hydrogen) atoms. The number of nitrogens with two attached hydrogens (primary N) is 1. The van der Waals surface area contributed by atoms with Crippen LogP contribution < -0.4 is 11.2 Å². The Labute approximate surface area is 73.5 Å². The number of hydrogen-bond donors (Lipinski definition) is 2. The maximum atomic E-state index is 4.88. The zero-order valence-electron chi connectivity index (χ0n) is 5.71. The van der Waals surface area contributed by atoms with Gasteiger partial charge in [0.05, 0.1) is 6.61 Å². The highest BCUT2D eigenvalue weighted by molar-refractivity contribution is 5.85. The molecule has 1 rings (SSSR count). The van der Waals surface area contributed by atoms with E-state index >= 15 is 0 Å². The summed E-state index contributed by atoms with van der Waals surface area (Å²) in [5, 5.41) is 3.22. The molecule has 1 heterocycles. The fourth-order valence-electron chi connectivity index (χ4n) is 0.993. The Bertz CT molecular complexity index is 68.7. The molecule has 0 aromatic heterocycles. The Kier molecular flexibility index (Phi) is 9.90. The van der Waals surface area contributed by atoms with Gasteiger partial charge in [0.1, 0.15) is 0 Å². The molecular weight excluding hydrogens is 175 g/mol. The van der Waals surface area contributed by atoms with Crippen LogP contribution in [-0.2, 0) is 4.84 Å². The average molecular weight is 189 g/mol. The van der Waals surface area contributed by atoms with Crippen LogP contribution in [0.15, 0.2) is 0 Å². The van der Waals surface area contributed by atoms with Gasteiger partial charge in [-0.2, -0.15) is 0 Å². The lowest BCUT2D eigenvalue weighted by atomic mass is 10.1. The van der Waals surface area contributed by atoms with Crippen molar-refractivity contribution >= 4 is 24.8 Å². The highest BCUT2D eigenvalue weighted by Gasteiger charge is 2.12. The lowest BCUT2D eigenvalue weighted by Gasteiger charge is -2.02. The molecule has 0 unspecified atom stereocenters. The summed E-state index contributed by atoms with van der Waals surface area (Å²) in [5.74, 6) is 5.53. The third-order valence-electron chi connectivity index (χ3n) is 1.49. The van der Waals surface area contributed by atoms with Gasteiger partial charge in [0, 0.05) is 6.54 Å². The minimum atomic E-state index is 0. The first-order valence-corrected chi connectivity index (χ1v) is 2.96. The van der Waals surface area contributed by atoms with Crippen molar-refractivity contribution in [1.29, 1.82) is 0 Å². The molecule has 0 bridgehead atoms. The molecule has 64 valence electrons. The molecule has 1 atom stereocenters. The summed E-state index contributed by atoms with van der Waals surface area (Å²) in [4.78, 5) is 4.49. The van der Waals surface area contributed by atoms with E-state index in [1.165, 1.54) is 6.42 Å². The summed E-state index contributed by atoms with van der Waals surface area (Å²) in [6, 6.07) is 0. The van der Waals surface area contributed by atoms with Gasteiger partial charge < -0.3 is 10.2 Å². The molecular formula is C5H14Cl2N2O. The SMILES string of the molecule is Cl.Cl.NOC[C@@H]1CCNC1. The Hall–Kier alpha value is 0.460. The Morgan fingerprint density at radius 1 is 1.50 bits per heavy atom. The topological polar surface area (TPSA) is 47.3 Å². The molecule has 1 aliphatic rings. The van der Waals surface area contributed by atoms with Gasteiger partial charge in [-0.15, -0.1) is 24.8 Å². The summed E-state index contributed by atoms with van der Waals surface area (Å²) in [6.07, 6.45) is 1.21. The molecule has 0 saturated carbocycles. The van der Waals surface area contributed by atoms with Crippen LogP contribution in [0.4, 0.5) is 0 Å². The minimum Gasteiger partial charge on any atom is -0.316 e. The molecule has 1 saturated heterocycles. The summed E-state index contributed by atoms with van der Waals surface area (Å²) >= 11 is 0. The van der Waals surface area contributed by atoms with Crippen molar-refractivity contribution in [3.8, 4) is 0 Å². The Morgan fingerprint density at radius 3 is 2.60 bits per heavy atom. The van der Waals surface area contributed by atoms with Crippen LogP contribution in [0.5, 0.6) is 0 Å². The van der Waals surface area contributed by atoms with Gasteiger partial charge in [0.2, 0.25) is 0 Å². The van der Waals surface area contributed by atoms with E-state index in [1.807, 2.05) is 0 Å². The predicted molar refractivity (Wildman–Crippen MR) is 45.6 cm³/mol. The summed E-state index contributed by atoms with van der Waals surface area (Å²) < 4.78 is 0. The zero-order chi connectivity index (χ0) is 5.82. The fourth-order valence-corrected chi connectivity index (χ4v) is 0.993.